The molecule has 3 amide bonds. The molecule has 39 heavy (non-hydrogen) atoms. The number of piperazine rings is 1. The van der Waals surface area contributed by atoms with E-state index in [0.717, 1.165) is 47.0 Å². The third-order valence-electron chi connectivity index (χ3n) is 7.60. The van der Waals surface area contributed by atoms with Gasteiger partial charge in [0.1, 0.15) is 11.6 Å². The zero-order chi connectivity index (χ0) is 27.7. The molecule has 0 saturated carbocycles. The van der Waals surface area contributed by atoms with Crippen molar-refractivity contribution >= 4 is 23.4 Å². The van der Waals surface area contributed by atoms with Crippen molar-refractivity contribution in [2.45, 2.75) is 39.8 Å². The van der Waals surface area contributed by atoms with E-state index in [1.54, 1.807) is 7.11 Å². The summed E-state index contributed by atoms with van der Waals surface area (Å²) in [5, 5.41) is 0. The second-order valence-electron chi connectivity index (χ2n) is 11.1. The maximum atomic E-state index is 13.4. The molecule has 1 aromatic heterocycles. The molecule has 204 valence electrons. The molecule has 0 unspecified atom stereocenters. The lowest BCUT2D eigenvalue weighted by molar-refractivity contribution is 0.0746. The third kappa shape index (κ3) is 5.41. The first kappa shape index (κ1) is 26.5. The Labute approximate surface area is 230 Å². The Kier molecular flexibility index (Phi) is 7.21. The van der Waals surface area contributed by atoms with Crippen LogP contribution in [-0.4, -0.2) is 72.1 Å². The Morgan fingerprint density at radius 2 is 1.64 bits per heavy atom. The number of amides is 3. The van der Waals surface area contributed by atoms with Crippen LogP contribution < -0.4 is 14.5 Å². The summed E-state index contributed by atoms with van der Waals surface area (Å²) in [6.45, 7) is 12.2. The van der Waals surface area contributed by atoms with E-state index >= 15 is 0 Å². The Bertz CT molecular complexity index is 1350. The average Bonchev–Trinajstić information content (AvgIpc) is 3.16. The maximum Gasteiger partial charge on any atom is 0.325 e. The highest BCUT2D eigenvalue weighted by Crippen LogP contribution is 2.33. The highest BCUT2D eigenvalue weighted by atomic mass is 16.5. The van der Waals surface area contributed by atoms with Crippen molar-refractivity contribution in [3.8, 4) is 5.75 Å². The van der Waals surface area contributed by atoms with Gasteiger partial charge in [-0.05, 0) is 80.8 Å². The van der Waals surface area contributed by atoms with Crippen LogP contribution in [0.3, 0.4) is 0 Å². The number of urea groups is 1. The van der Waals surface area contributed by atoms with Crippen LogP contribution in [0.25, 0.3) is 0 Å². The normalized spacial score (nSPS) is 17.1. The van der Waals surface area contributed by atoms with Crippen molar-refractivity contribution in [2.24, 2.45) is 0 Å². The van der Waals surface area contributed by atoms with E-state index in [2.05, 4.69) is 36.7 Å². The molecule has 0 aliphatic carbocycles. The van der Waals surface area contributed by atoms with Crippen molar-refractivity contribution in [1.82, 2.24) is 14.8 Å². The van der Waals surface area contributed by atoms with Crippen LogP contribution in [0.2, 0.25) is 0 Å². The van der Waals surface area contributed by atoms with E-state index in [-0.39, 0.29) is 17.5 Å². The molecule has 2 saturated heterocycles. The molecule has 2 aromatic carbocycles. The number of carbonyl (C=O) groups is 2. The zero-order valence-electron chi connectivity index (χ0n) is 23.5. The molecule has 5 rings (SSSR count). The summed E-state index contributed by atoms with van der Waals surface area (Å²) in [6.07, 6.45) is 1.89. The van der Waals surface area contributed by atoms with Crippen molar-refractivity contribution in [3.05, 3.63) is 83.0 Å². The molecule has 3 heterocycles. The van der Waals surface area contributed by atoms with Gasteiger partial charge in [0, 0.05) is 56.7 Å². The Balaban J connectivity index is 1.23. The number of nitrogens with zero attached hydrogens (tertiary/aromatic N) is 5. The molecule has 0 N–H and O–H groups in total. The van der Waals surface area contributed by atoms with Gasteiger partial charge in [0.2, 0.25) is 0 Å². The number of benzene rings is 2. The topological polar surface area (TPSA) is 69.2 Å². The highest BCUT2D eigenvalue weighted by molar-refractivity contribution is 5.98. The molecular formula is C31H37N5O3. The largest absolute Gasteiger partial charge is 0.497 e. The van der Waals surface area contributed by atoms with Crippen molar-refractivity contribution in [2.75, 3.05) is 49.6 Å². The molecule has 0 radical (unpaired) electrons. The number of hydrogen-bond acceptors (Lipinski definition) is 5. The summed E-state index contributed by atoms with van der Waals surface area (Å²) >= 11 is 0. The predicted molar refractivity (Wildman–Crippen MR) is 154 cm³/mol. The minimum Gasteiger partial charge on any atom is -0.497 e. The van der Waals surface area contributed by atoms with Crippen LogP contribution in [0.15, 0.2) is 60.8 Å². The summed E-state index contributed by atoms with van der Waals surface area (Å²) in [7, 11) is 1.64. The van der Waals surface area contributed by atoms with Crippen LogP contribution in [0.1, 0.15) is 40.9 Å². The number of aryl methyl sites for hydroxylation is 2. The standard InChI is InChI=1S/C31H37N5O3/c1-22-18-23(2)28(32-19-22)33-14-16-34(17-15-33)29(37)25-8-10-26(11-9-25)36-30(38)35(21-31(36,3)4)20-24-6-12-27(39-5)13-7-24/h6-13,18-19H,14-17,20-21H2,1-5H3. The zero-order valence-corrected chi connectivity index (χ0v) is 23.5. The number of aromatic nitrogens is 1. The van der Waals surface area contributed by atoms with E-state index < -0.39 is 0 Å². The van der Waals surface area contributed by atoms with Gasteiger partial charge in [-0.25, -0.2) is 9.78 Å². The van der Waals surface area contributed by atoms with Gasteiger partial charge in [0.15, 0.2) is 0 Å². The van der Waals surface area contributed by atoms with Gasteiger partial charge in [-0.2, -0.15) is 0 Å². The smallest absolute Gasteiger partial charge is 0.325 e. The summed E-state index contributed by atoms with van der Waals surface area (Å²) in [5.41, 5.74) is 4.41. The Hall–Kier alpha value is -4.07. The predicted octanol–water partition coefficient (Wildman–Crippen LogP) is 4.89. The monoisotopic (exact) mass is 527 g/mol. The molecule has 0 spiro atoms. The molecule has 2 fully saturated rings. The first-order valence-corrected chi connectivity index (χ1v) is 13.5. The minimum atomic E-state index is -0.381. The lowest BCUT2D eigenvalue weighted by atomic mass is 10.0. The molecule has 0 bridgehead atoms. The first-order chi connectivity index (χ1) is 18.7. The molecular weight excluding hydrogens is 490 g/mol. The van der Waals surface area contributed by atoms with Gasteiger partial charge in [-0.3, -0.25) is 9.69 Å². The Morgan fingerprint density at radius 3 is 2.26 bits per heavy atom. The van der Waals surface area contributed by atoms with E-state index in [4.69, 9.17) is 4.74 Å². The number of ether oxygens (including phenoxy) is 1. The van der Waals surface area contributed by atoms with Crippen LogP contribution in [0.4, 0.5) is 16.3 Å². The lowest BCUT2D eigenvalue weighted by Crippen LogP contribution is -2.49. The van der Waals surface area contributed by atoms with Crippen LogP contribution in [-0.2, 0) is 6.54 Å². The summed E-state index contributed by atoms with van der Waals surface area (Å²) in [5.74, 6) is 1.81. The molecule has 8 heteroatoms. The minimum absolute atomic E-state index is 0.0166. The van der Waals surface area contributed by atoms with Gasteiger partial charge in [0.05, 0.1) is 12.6 Å². The summed E-state index contributed by atoms with van der Waals surface area (Å²) < 4.78 is 5.24. The van der Waals surface area contributed by atoms with Crippen LogP contribution in [0, 0.1) is 13.8 Å². The van der Waals surface area contributed by atoms with E-state index in [0.29, 0.717) is 31.7 Å². The Morgan fingerprint density at radius 1 is 0.974 bits per heavy atom. The van der Waals surface area contributed by atoms with E-state index in [9.17, 15) is 9.59 Å². The number of anilines is 2. The first-order valence-electron chi connectivity index (χ1n) is 13.5. The third-order valence-corrected chi connectivity index (χ3v) is 7.60. The summed E-state index contributed by atoms with van der Waals surface area (Å²) in [6, 6.07) is 17.4. The molecule has 2 aliphatic rings. The fraction of sp³-hybridized carbons (Fsp3) is 0.387. The lowest BCUT2D eigenvalue weighted by Gasteiger charge is -2.36. The van der Waals surface area contributed by atoms with E-state index in [1.165, 1.54) is 0 Å². The number of pyridine rings is 1. The van der Waals surface area contributed by atoms with Crippen molar-refractivity contribution in [3.63, 3.8) is 0 Å². The molecule has 0 atom stereocenters. The SMILES string of the molecule is COc1ccc(CN2CC(C)(C)N(c3ccc(C(=O)N4CCN(c5ncc(C)cc5C)CC4)cc3)C2=O)cc1. The molecule has 8 nitrogen and oxygen atoms in total. The molecule has 2 aliphatic heterocycles. The number of carbonyl (C=O) groups excluding carboxylic acids is 2. The summed E-state index contributed by atoms with van der Waals surface area (Å²) in [4.78, 5) is 39.2. The van der Waals surface area contributed by atoms with Crippen molar-refractivity contribution in [1.29, 1.82) is 0 Å². The fourth-order valence-corrected chi connectivity index (χ4v) is 5.64. The van der Waals surface area contributed by atoms with Gasteiger partial charge in [-0.1, -0.05) is 18.2 Å². The van der Waals surface area contributed by atoms with Crippen LogP contribution in [0.5, 0.6) is 5.75 Å². The van der Waals surface area contributed by atoms with Gasteiger partial charge in [0.25, 0.3) is 5.91 Å². The fourth-order valence-electron chi connectivity index (χ4n) is 5.64. The highest BCUT2D eigenvalue weighted by Gasteiger charge is 2.44. The van der Waals surface area contributed by atoms with Crippen LogP contribution >= 0.6 is 0 Å². The van der Waals surface area contributed by atoms with Gasteiger partial charge < -0.3 is 19.4 Å². The average molecular weight is 528 g/mol. The second kappa shape index (κ2) is 10.6. The van der Waals surface area contributed by atoms with E-state index in [1.807, 2.05) is 76.4 Å². The molecule has 3 aromatic rings. The van der Waals surface area contributed by atoms with Gasteiger partial charge >= 0.3 is 6.03 Å². The number of methoxy groups -OCH3 is 1. The van der Waals surface area contributed by atoms with Gasteiger partial charge in [-0.15, -0.1) is 0 Å². The number of rotatable bonds is 6. The second-order valence-corrected chi connectivity index (χ2v) is 11.1. The number of hydrogen-bond donors (Lipinski definition) is 0. The quantitative estimate of drug-likeness (QED) is 0.457. The maximum absolute atomic E-state index is 13.4. The van der Waals surface area contributed by atoms with Crippen molar-refractivity contribution < 1.29 is 14.3 Å².